The molecule has 0 spiro atoms. The first-order chi connectivity index (χ1) is 9.24. The van der Waals surface area contributed by atoms with Gasteiger partial charge in [-0.15, -0.1) is 0 Å². The van der Waals surface area contributed by atoms with Crippen LogP contribution in [0.25, 0.3) is 0 Å². The molecule has 3 atom stereocenters. The average molecular weight is 261 g/mol. The van der Waals surface area contributed by atoms with Crippen molar-refractivity contribution >= 4 is 5.95 Å². The third-order valence-corrected chi connectivity index (χ3v) is 5.32. The van der Waals surface area contributed by atoms with Crippen LogP contribution in [-0.2, 0) is 0 Å². The summed E-state index contributed by atoms with van der Waals surface area (Å²) in [6.07, 6.45) is 13.5. The van der Waals surface area contributed by atoms with Gasteiger partial charge in [-0.2, -0.15) is 0 Å². The van der Waals surface area contributed by atoms with Gasteiger partial charge in [-0.1, -0.05) is 26.7 Å². The van der Waals surface area contributed by atoms with Crippen molar-refractivity contribution in [2.24, 2.45) is 11.8 Å². The Morgan fingerprint density at radius 2 is 1.89 bits per heavy atom. The Balaban J connectivity index is 1.69. The SMILES string of the molecule is CC1CCC(n2ccnc2NC2CCCC2)CC1C. The number of hydrogen-bond acceptors (Lipinski definition) is 2. The monoisotopic (exact) mass is 261 g/mol. The van der Waals surface area contributed by atoms with Gasteiger partial charge in [0.2, 0.25) is 5.95 Å². The summed E-state index contributed by atoms with van der Waals surface area (Å²) in [5.41, 5.74) is 0. The highest BCUT2D eigenvalue weighted by atomic mass is 15.2. The van der Waals surface area contributed by atoms with E-state index in [1.54, 1.807) is 0 Å². The van der Waals surface area contributed by atoms with Crippen molar-refractivity contribution in [3.05, 3.63) is 12.4 Å². The van der Waals surface area contributed by atoms with E-state index < -0.39 is 0 Å². The van der Waals surface area contributed by atoms with Crippen molar-refractivity contribution in [3.8, 4) is 0 Å². The van der Waals surface area contributed by atoms with Crippen LogP contribution in [0.3, 0.4) is 0 Å². The van der Waals surface area contributed by atoms with E-state index in [1.165, 1.54) is 44.9 Å². The molecular formula is C16H27N3. The fraction of sp³-hybridized carbons (Fsp3) is 0.812. The van der Waals surface area contributed by atoms with E-state index >= 15 is 0 Å². The quantitative estimate of drug-likeness (QED) is 0.882. The zero-order chi connectivity index (χ0) is 13.2. The summed E-state index contributed by atoms with van der Waals surface area (Å²) in [7, 11) is 0. The van der Waals surface area contributed by atoms with Gasteiger partial charge < -0.3 is 9.88 Å². The summed E-state index contributed by atoms with van der Waals surface area (Å²) in [5.74, 6) is 2.82. The molecular weight excluding hydrogens is 234 g/mol. The Morgan fingerprint density at radius 1 is 1.11 bits per heavy atom. The molecule has 3 heteroatoms. The molecule has 1 aromatic rings. The van der Waals surface area contributed by atoms with Crippen LogP contribution in [0.4, 0.5) is 5.95 Å². The van der Waals surface area contributed by atoms with Gasteiger partial charge in [0, 0.05) is 24.5 Å². The molecule has 0 aromatic carbocycles. The second-order valence-corrected chi connectivity index (χ2v) is 6.71. The molecule has 1 N–H and O–H groups in total. The number of imidazole rings is 1. The molecule has 2 aliphatic rings. The number of nitrogens with one attached hydrogen (secondary N) is 1. The van der Waals surface area contributed by atoms with Crippen molar-refractivity contribution in [2.75, 3.05) is 5.32 Å². The topological polar surface area (TPSA) is 29.9 Å². The molecule has 3 nitrogen and oxygen atoms in total. The Kier molecular flexibility index (Phi) is 3.81. The molecule has 2 fully saturated rings. The first kappa shape index (κ1) is 13.0. The van der Waals surface area contributed by atoms with Crippen molar-refractivity contribution < 1.29 is 0 Å². The molecule has 0 aliphatic heterocycles. The molecule has 0 amide bonds. The van der Waals surface area contributed by atoms with Crippen LogP contribution in [0.15, 0.2) is 12.4 Å². The molecule has 3 rings (SSSR count). The molecule has 3 unspecified atom stereocenters. The van der Waals surface area contributed by atoms with Crippen LogP contribution in [0.1, 0.15) is 64.8 Å². The highest BCUT2D eigenvalue weighted by Crippen LogP contribution is 2.37. The number of aromatic nitrogens is 2. The van der Waals surface area contributed by atoms with Gasteiger partial charge in [0.15, 0.2) is 0 Å². The van der Waals surface area contributed by atoms with E-state index in [4.69, 9.17) is 0 Å². The average Bonchev–Trinajstić information content (AvgIpc) is 3.05. The predicted octanol–water partition coefficient (Wildman–Crippen LogP) is 4.23. The molecule has 2 aliphatic carbocycles. The number of anilines is 1. The first-order valence-electron chi connectivity index (χ1n) is 8.03. The lowest BCUT2D eigenvalue weighted by Gasteiger charge is -2.33. The summed E-state index contributed by atoms with van der Waals surface area (Å²) in [6, 6.07) is 1.30. The Morgan fingerprint density at radius 3 is 2.63 bits per heavy atom. The molecule has 2 saturated carbocycles. The van der Waals surface area contributed by atoms with Crippen LogP contribution in [-0.4, -0.2) is 15.6 Å². The second-order valence-electron chi connectivity index (χ2n) is 6.71. The van der Waals surface area contributed by atoms with Gasteiger partial charge in [-0.3, -0.25) is 0 Å². The van der Waals surface area contributed by atoms with Crippen LogP contribution < -0.4 is 5.32 Å². The third-order valence-electron chi connectivity index (χ3n) is 5.32. The van der Waals surface area contributed by atoms with E-state index in [9.17, 15) is 0 Å². The standard InChI is InChI=1S/C16H27N3/c1-12-7-8-15(11-13(12)2)19-10-9-17-16(19)18-14-5-3-4-6-14/h9-10,12-15H,3-8,11H2,1-2H3,(H,17,18). The Labute approximate surface area is 116 Å². The third kappa shape index (κ3) is 2.80. The Hall–Kier alpha value is -0.990. The van der Waals surface area contributed by atoms with Crippen LogP contribution in [0, 0.1) is 11.8 Å². The van der Waals surface area contributed by atoms with E-state index in [0.717, 1.165) is 17.8 Å². The van der Waals surface area contributed by atoms with Gasteiger partial charge in [0.1, 0.15) is 0 Å². The van der Waals surface area contributed by atoms with Crippen LogP contribution in [0.5, 0.6) is 0 Å². The zero-order valence-electron chi connectivity index (χ0n) is 12.3. The van der Waals surface area contributed by atoms with Crippen molar-refractivity contribution in [1.82, 2.24) is 9.55 Å². The first-order valence-corrected chi connectivity index (χ1v) is 8.03. The van der Waals surface area contributed by atoms with E-state index in [-0.39, 0.29) is 0 Å². The van der Waals surface area contributed by atoms with E-state index in [2.05, 4.69) is 34.9 Å². The van der Waals surface area contributed by atoms with Gasteiger partial charge >= 0.3 is 0 Å². The highest BCUT2D eigenvalue weighted by molar-refractivity contribution is 5.29. The maximum Gasteiger partial charge on any atom is 0.203 e. The summed E-state index contributed by atoms with van der Waals surface area (Å²) in [6.45, 7) is 4.80. The maximum atomic E-state index is 4.55. The summed E-state index contributed by atoms with van der Waals surface area (Å²) in [5, 5.41) is 3.66. The lowest BCUT2D eigenvalue weighted by Crippen LogP contribution is -2.25. The minimum Gasteiger partial charge on any atom is -0.353 e. The summed E-state index contributed by atoms with van der Waals surface area (Å²) in [4.78, 5) is 4.55. The van der Waals surface area contributed by atoms with E-state index in [0.29, 0.717) is 12.1 Å². The molecule has 0 radical (unpaired) electrons. The number of hydrogen-bond donors (Lipinski definition) is 1. The number of nitrogens with zero attached hydrogens (tertiary/aromatic N) is 2. The smallest absolute Gasteiger partial charge is 0.203 e. The van der Waals surface area contributed by atoms with Crippen molar-refractivity contribution in [2.45, 2.75) is 70.9 Å². The molecule has 1 aromatic heterocycles. The maximum absolute atomic E-state index is 4.55. The van der Waals surface area contributed by atoms with Crippen molar-refractivity contribution in [1.29, 1.82) is 0 Å². The van der Waals surface area contributed by atoms with Gasteiger partial charge in [-0.25, -0.2) is 4.98 Å². The minimum absolute atomic E-state index is 0.651. The lowest BCUT2D eigenvalue weighted by atomic mass is 9.79. The highest BCUT2D eigenvalue weighted by Gasteiger charge is 2.27. The largest absolute Gasteiger partial charge is 0.353 e. The second kappa shape index (κ2) is 5.56. The molecule has 0 saturated heterocycles. The fourth-order valence-electron chi connectivity index (χ4n) is 3.74. The predicted molar refractivity (Wildman–Crippen MR) is 79.3 cm³/mol. The van der Waals surface area contributed by atoms with Gasteiger partial charge in [-0.05, 0) is 43.9 Å². The lowest BCUT2D eigenvalue weighted by molar-refractivity contribution is 0.212. The zero-order valence-corrected chi connectivity index (χ0v) is 12.3. The van der Waals surface area contributed by atoms with Crippen molar-refractivity contribution in [3.63, 3.8) is 0 Å². The molecule has 1 heterocycles. The van der Waals surface area contributed by atoms with Gasteiger partial charge in [0.05, 0.1) is 0 Å². The van der Waals surface area contributed by atoms with Crippen LogP contribution in [0.2, 0.25) is 0 Å². The van der Waals surface area contributed by atoms with Gasteiger partial charge in [0.25, 0.3) is 0 Å². The molecule has 106 valence electrons. The number of rotatable bonds is 3. The fourth-order valence-corrected chi connectivity index (χ4v) is 3.74. The molecule has 0 bridgehead atoms. The molecule has 19 heavy (non-hydrogen) atoms. The minimum atomic E-state index is 0.651. The summed E-state index contributed by atoms with van der Waals surface area (Å²) >= 11 is 0. The summed E-state index contributed by atoms with van der Waals surface area (Å²) < 4.78 is 2.40. The van der Waals surface area contributed by atoms with Crippen LogP contribution >= 0.6 is 0 Å². The Bertz CT molecular complexity index is 406. The normalized spacial score (nSPS) is 32.6. The van der Waals surface area contributed by atoms with E-state index in [1.807, 2.05) is 6.20 Å².